The number of para-hydroxylation sites is 1. The monoisotopic (exact) mass is 556 g/mol. The van der Waals surface area contributed by atoms with Gasteiger partial charge in [0, 0.05) is 15.8 Å². The number of rotatable bonds is 5. The van der Waals surface area contributed by atoms with Gasteiger partial charge in [0.15, 0.2) is 11.5 Å². The number of carbonyl (C=O) groups excluding carboxylic acids is 2. The predicted octanol–water partition coefficient (Wildman–Crippen LogP) is 7.27. The number of benzene rings is 2. The van der Waals surface area contributed by atoms with Crippen molar-refractivity contribution < 1.29 is 23.8 Å². The summed E-state index contributed by atoms with van der Waals surface area (Å²) in [6.07, 6.45) is 2.68. The van der Waals surface area contributed by atoms with Gasteiger partial charge in [-0.25, -0.2) is 9.78 Å². The van der Waals surface area contributed by atoms with Gasteiger partial charge in [0.05, 0.1) is 28.9 Å². The quantitative estimate of drug-likeness (QED) is 0.260. The Labute approximate surface area is 237 Å². The van der Waals surface area contributed by atoms with Crippen molar-refractivity contribution in [3.05, 3.63) is 70.1 Å². The number of ether oxygens (including phenoxy) is 3. The van der Waals surface area contributed by atoms with Crippen LogP contribution >= 0.6 is 11.3 Å². The molecule has 0 fully saturated rings. The summed E-state index contributed by atoms with van der Waals surface area (Å²) in [6.45, 7) is 9.04. The standard InChI is InChI=1S/C32H32N2O5S/c1-5-37-31(36)28-21-12-11-19(32(2,3)4)15-27(21)40-30(28)34-29(35)22-16-24(33-23-9-7-6-8-20(22)23)18-10-13-25-26(14-18)39-17-38-25/h6-10,13-14,16,19H,5,11-12,15,17H2,1-4H3,(H,34,35)/t19-/m0/s1. The van der Waals surface area contributed by atoms with E-state index in [1.807, 2.05) is 42.5 Å². The molecule has 0 unspecified atom stereocenters. The summed E-state index contributed by atoms with van der Waals surface area (Å²) < 4.78 is 16.5. The number of nitrogens with one attached hydrogen (secondary N) is 1. The lowest BCUT2D eigenvalue weighted by Crippen LogP contribution is -2.26. The molecule has 6 rings (SSSR count). The number of fused-ring (bicyclic) bond motifs is 3. The number of esters is 1. The maximum Gasteiger partial charge on any atom is 0.341 e. The van der Waals surface area contributed by atoms with Crippen LogP contribution in [0.5, 0.6) is 11.5 Å². The first-order valence-corrected chi connectivity index (χ1v) is 14.5. The van der Waals surface area contributed by atoms with Crippen LogP contribution in [-0.2, 0) is 17.6 Å². The summed E-state index contributed by atoms with van der Waals surface area (Å²) in [5.41, 5.74) is 4.31. The summed E-state index contributed by atoms with van der Waals surface area (Å²) in [5, 5.41) is 4.38. The molecule has 8 heteroatoms. The van der Waals surface area contributed by atoms with Crippen molar-refractivity contribution in [2.75, 3.05) is 18.7 Å². The van der Waals surface area contributed by atoms with Gasteiger partial charge in [0.1, 0.15) is 5.00 Å². The second-order valence-corrected chi connectivity index (χ2v) is 12.4. The predicted molar refractivity (Wildman–Crippen MR) is 157 cm³/mol. The summed E-state index contributed by atoms with van der Waals surface area (Å²) in [7, 11) is 0. The summed E-state index contributed by atoms with van der Waals surface area (Å²) >= 11 is 1.50. The smallest absolute Gasteiger partial charge is 0.341 e. The molecule has 40 heavy (non-hydrogen) atoms. The molecule has 1 aliphatic heterocycles. The van der Waals surface area contributed by atoms with Crippen LogP contribution in [0, 0.1) is 11.3 Å². The van der Waals surface area contributed by atoms with Gasteiger partial charge in [-0.05, 0) is 73.4 Å². The maximum absolute atomic E-state index is 13.9. The third-order valence-corrected chi connectivity index (χ3v) is 9.00. The van der Waals surface area contributed by atoms with Crippen LogP contribution in [0.25, 0.3) is 22.2 Å². The van der Waals surface area contributed by atoms with E-state index in [-0.39, 0.29) is 30.7 Å². The highest BCUT2D eigenvalue weighted by atomic mass is 32.1. The number of amides is 1. The Morgan fingerprint density at radius 3 is 2.70 bits per heavy atom. The zero-order chi connectivity index (χ0) is 28.0. The number of pyridine rings is 1. The van der Waals surface area contributed by atoms with Crippen LogP contribution in [0.4, 0.5) is 5.00 Å². The Hall–Kier alpha value is -3.91. The molecule has 206 valence electrons. The molecule has 0 saturated carbocycles. The highest BCUT2D eigenvalue weighted by Gasteiger charge is 2.34. The third-order valence-electron chi connectivity index (χ3n) is 7.83. The number of aromatic nitrogens is 1. The second-order valence-electron chi connectivity index (χ2n) is 11.3. The highest BCUT2D eigenvalue weighted by Crippen LogP contribution is 2.45. The minimum absolute atomic E-state index is 0.163. The average molecular weight is 557 g/mol. The number of carbonyl (C=O) groups is 2. The third kappa shape index (κ3) is 4.81. The van der Waals surface area contributed by atoms with Crippen molar-refractivity contribution in [1.82, 2.24) is 4.98 Å². The fourth-order valence-electron chi connectivity index (χ4n) is 5.57. The van der Waals surface area contributed by atoms with E-state index in [1.165, 1.54) is 11.3 Å². The van der Waals surface area contributed by atoms with Gasteiger partial charge in [-0.3, -0.25) is 4.79 Å². The SMILES string of the molecule is CCOC(=O)c1c(NC(=O)c2cc(-c3ccc4c(c3)OCO4)nc3ccccc23)sc2c1CC[C@H](C(C)(C)C)C2. The van der Waals surface area contributed by atoms with Crippen molar-refractivity contribution in [2.24, 2.45) is 11.3 Å². The Balaban J connectivity index is 1.40. The molecule has 1 amide bonds. The molecule has 1 aliphatic carbocycles. The van der Waals surface area contributed by atoms with Crippen molar-refractivity contribution in [3.8, 4) is 22.8 Å². The van der Waals surface area contributed by atoms with E-state index in [9.17, 15) is 9.59 Å². The largest absolute Gasteiger partial charge is 0.462 e. The molecule has 0 radical (unpaired) electrons. The molecule has 4 aromatic rings. The Bertz CT molecular complexity index is 1630. The van der Waals surface area contributed by atoms with E-state index in [0.29, 0.717) is 44.8 Å². The molecule has 2 aliphatic rings. The lowest BCUT2D eigenvalue weighted by molar-refractivity contribution is 0.0526. The Kier molecular flexibility index (Phi) is 6.74. The minimum Gasteiger partial charge on any atom is -0.462 e. The first-order valence-electron chi connectivity index (χ1n) is 13.7. The number of thiophene rings is 1. The molecule has 0 saturated heterocycles. The van der Waals surface area contributed by atoms with E-state index in [1.54, 1.807) is 13.0 Å². The van der Waals surface area contributed by atoms with E-state index in [0.717, 1.165) is 40.7 Å². The number of hydrogen-bond donors (Lipinski definition) is 1. The van der Waals surface area contributed by atoms with Crippen LogP contribution in [0.1, 0.15) is 65.3 Å². The second kappa shape index (κ2) is 10.2. The van der Waals surface area contributed by atoms with Crippen LogP contribution in [0.15, 0.2) is 48.5 Å². The fraction of sp³-hybridized carbons (Fsp3) is 0.344. The van der Waals surface area contributed by atoms with Crippen LogP contribution in [0.3, 0.4) is 0 Å². The molecule has 0 spiro atoms. The molecular formula is C32H32N2O5S. The molecule has 3 heterocycles. The van der Waals surface area contributed by atoms with Crippen molar-refractivity contribution in [3.63, 3.8) is 0 Å². The zero-order valence-electron chi connectivity index (χ0n) is 23.1. The van der Waals surface area contributed by atoms with Gasteiger partial charge >= 0.3 is 5.97 Å². The molecule has 1 atom stereocenters. The van der Waals surface area contributed by atoms with Crippen LogP contribution in [0.2, 0.25) is 0 Å². The Morgan fingerprint density at radius 1 is 1.10 bits per heavy atom. The minimum atomic E-state index is -0.384. The van der Waals surface area contributed by atoms with Crippen LogP contribution < -0.4 is 14.8 Å². The zero-order valence-corrected chi connectivity index (χ0v) is 23.9. The maximum atomic E-state index is 13.9. The summed E-state index contributed by atoms with van der Waals surface area (Å²) in [6, 6.07) is 15.0. The van der Waals surface area contributed by atoms with Gasteiger partial charge in [-0.2, -0.15) is 0 Å². The number of nitrogens with zero attached hydrogens (tertiary/aromatic N) is 1. The van der Waals surface area contributed by atoms with Crippen molar-refractivity contribution in [2.45, 2.75) is 47.0 Å². The van der Waals surface area contributed by atoms with Gasteiger partial charge in [0.2, 0.25) is 6.79 Å². The van der Waals surface area contributed by atoms with Crippen LogP contribution in [-0.4, -0.2) is 30.3 Å². The molecule has 7 nitrogen and oxygen atoms in total. The average Bonchev–Trinajstić information content (AvgIpc) is 3.55. The Morgan fingerprint density at radius 2 is 1.90 bits per heavy atom. The molecule has 2 aromatic heterocycles. The van der Waals surface area contributed by atoms with E-state index >= 15 is 0 Å². The van der Waals surface area contributed by atoms with E-state index in [4.69, 9.17) is 19.2 Å². The normalized spacial score (nSPS) is 16.1. The number of anilines is 1. The topological polar surface area (TPSA) is 86.8 Å². The van der Waals surface area contributed by atoms with E-state index in [2.05, 4.69) is 26.1 Å². The molecule has 0 bridgehead atoms. The molecular weight excluding hydrogens is 524 g/mol. The molecule has 2 aromatic carbocycles. The van der Waals surface area contributed by atoms with Gasteiger partial charge in [0.25, 0.3) is 5.91 Å². The van der Waals surface area contributed by atoms with E-state index < -0.39 is 0 Å². The van der Waals surface area contributed by atoms with Crippen molar-refractivity contribution >= 4 is 39.1 Å². The highest BCUT2D eigenvalue weighted by molar-refractivity contribution is 7.17. The lowest BCUT2D eigenvalue weighted by atomic mass is 9.72. The number of hydrogen-bond acceptors (Lipinski definition) is 7. The first kappa shape index (κ1) is 26.3. The van der Waals surface area contributed by atoms with Gasteiger partial charge in [-0.15, -0.1) is 11.3 Å². The summed E-state index contributed by atoms with van der Waals surface area (Å²) in [4.78, 5) is 33.1. The van der Waals surface area contributed by atoms with Crippen molar-refractivity contribution in [1.29, 1.82) is 0 Å². The molecule has 1 N–H and O–H groups in total. The van der Waals surface area contributed by atoms with Gasteiger partial charge in [-0.1, -0.05) is 39.0 Å². The lowest BCUT2D eigenvalue weighted by Gasteiger charge is -2.33. The fourth-order valence-corrected chi connectivity index (χ4v) is 6.88. The summed E-state index contributed by atoms with van der Waals surface area (Å²) in [5.74, 6) is 1.16. The van der Waals surface area contributed by atoms with Gasteiger partial charge < -0.3 is 19.5 Å². The first-order chi connectivity index (χ1) is 19.2.